The van der Waals surface area contributed by atoms with Crippen LogP contribution in [0.4, 0.5) is 0 Å². The van der Waals surface area contributed by atoms with E-state index in [2.05, 4.69) is 10.0 Å². The second kappa shape index (κ2) is 6.54. The molecule has 1 heterocycles. The first kappa shape index (κ1) is 15.3. The summed E-state index contributed by atoms with van der Waals surface area (Å²) in [7, 11) is -3.22. The van der Waals surface area contributed by atoms with Crippen molar-refractivity contribution in [2.45, 2.75) is 38.3 Å². The van der Waals surface area contributed by atoms with Crippen molar-refractivity contribution in [2.24, 2.45) is 0 Å². The van der Waals surface area contributed by atoms with Gasteiger partial charge in [0, 0.05) is 10.9 Å². The molecular weight excluding hydrogens is 304 g/mol. The maximum atomic E-state index is 11.9. The number of sulfonamides is 1. The molecule has 1 unspecified atom stereocenters. The van der Waals surface area contributed by atoms with E-state index in [1.807, 2.05) is 13.0 Å². The summed E-state index contributed by atoms with van der Waals surface area (Å²) < 4.78 is 27.2. The third-order valence-corrected chi connectivity index (χ3v) is 5.93. The van der Waals surface area contributed by atoms with Gasteiger partial charge in [-0.15, -0.1) is 11.3 Å². The molecule has 0 radical (unpaired) electrons. The molecule has 1 fully saturated rings. The van der Waals surface area contributed by atoms with Gasteiger partial charge < -0.3 is 5.32 Å². The molecule has 1 aromatic heterocycles. The highest BCUT2D eigenvalue weighted by Gasteiger charge is 2.21. The van der Waals surface area contributed by atoms with Crippen LogP contribution in [0.15, 0.2) is 12.1 Å². The lowest BCUT2D eigenvalue weighted by atomic mass is 10.3. The van der Waals surface area contributed by atoms with Crippen LogP contribution in [0.25, 0.3) is 0 Å². The minimum atomic E-state index is -3.22. The Balaban J connectivity index is 1.75. The predicted molar refractivity (Wildman–Crippen MR) is 80.3 cm³/mol. The molecule has 0 aromatic carbocycles. The fourth-order valence-corrected chi connectivity index (χ4v) is 4.25. The van der Waals surface area contributed by atoms with E-state index in [1.165, 1.54) is 24.2 Å². The minimum Gasteiger partial charge on any atom is -0.314 e. The predicted octanol–water partition coefficient (Wildman–Crippen LogP) is 2.52. The molecule has 1 aliphatic rings. The first-order valence-corrected chi connectivity index (χ1v) is 9.29. The lowest BCUT2D eigenvalue weighted by molar-refractivity contribution is 0.562. The van der Waals surface area contributed by atoms with E-state index in [4.69, 9.17) is 11.6 Å². The zero-order chi connectivity index (χ0) is 13.9. The maximum absolute atomic E-state index is 11.9. The van der Waals surface area contributed by atoms with Crippen LogP contribution in [-0.4, -0.2) is 26.8 Å². The van der Waals surface area contributed by atoms with Crippen LogP contribution in [0.3, 0.4) is 0 Å². The molecule has 1 aliphatic carbocycles. The Morgan fingerprint density at radius 1 is 1.47 bits per heavy atom. The minimum absolute atomic E-state index is 0.163. The van der Waals surface area contributed by atoms with Gasteiger partial charge in [-0.25, -0.2) is 13.1 Å². The van der Waals surface area contributed by atoms with E-state index in [0.29, 0.717) is 16.8 Å². The normalized spacial score (nSPS) is 17.6. The van der Waals surface area contributed by atoms with E-state index >= 15 is 0 Å². The fourth-order valence-electron chi connectivity index (χ4n) is 1.80. The van der Waals surface area contributed by atoms with Crippen molar-refractivity contribution in [3.05, 3.63) is 21.3 Å². The molecule has 0 amide bonds. The van der Waals surface area contributed by atoms with Crippen molar-refractivity contribution < 1.29 is 8.42 Å². The summed E-state index contributed by atoms with van der Waals surface area (Å²) in [4.78, 5) is 0.935. The quantitative estimate of drug-likeness (QED) is 0.723. The van der Waals surface area contributed by atoms with Crippen LogP contribution >= 0.6 is 22.9 Å². The van der Waals surface area contributed by atoms with E-state index in [0.717, 1.165) is 11.4 Å². The van der Waals surface area contributed by atoms with Gasteiger partial charge in [-0.1, -0.05) is 11.6 Å². The van der Waals surface area contributed by atoms with Crippen molar-refractivity contribution >= 4 is 33.0 Å². The molecule has 4 nitrogen and oxygen atoms in total. The number of halogens is 1. The Kier molecular flexibility index (Phi) is 5.25. The third kappa shape index (κ3) is 5.39. The first-order chi connectivity index (χ1) is 8.96. The fraction of sp³-hybridized carbons (Fsp3) is 0.667. The van der Waals surface area contributed by atoms with E-state index < -0.39 is 10.0 Å². The van der Waals surface area contributed by atoms with Gasteiger partial charge in [0.25, 0.3) is 0 Å². The number of hydrogen-bond donors (Lipinski definition) is 2. The van der Waals surface area contributed by atoms with Crippen molar-refractivity contribution in [1.82, 2.24) is 10.0 Å². The summed E-state index contributed by atoms with van der Waals surface area (Å²) >= 11 is 7.25. The number of thiophene rings is 1. The van der Waals surface area contributed by atoms with Crippen molar-refractivity contribution in [1.29, 1.82) is 0 Å². The maximum Gasteiger partial charge on any atom is 0.212 e. The molecule has 0 bridgehead atoms. The van der Waals surface area contributed by atoms with E-state index in [-0.39, 0.29) is 11.8 Å². The van der Waals surface area contributed by atoms with Crippen LogP contribution in [0.1, 0.15) is 37.1 Å². The highest BCUT2D eigenvalue weighted by Crippen LogP contribution is 2.27. The smallest absolute Gasteiger partial charge is 0.212 e. The van der Waals surface area contributed by atoms with Gasteiger partial charge in [0.05, 0.1) is 16.1 Å². The van der Waals surface area contributed by atoms with Gasteiger partial charge in [0.15, 0.2) is 0 Å². The summed E-state index contributed by atoms with van der Waals surface area (Å²) in [6.07, 6.45) is 3.09. The summed E-state index contributed by atoms with van der Waals surface area (Å²) in [5.74, 6) is 0.163. The van der Waals surface area contributed by atoms with Gasteiger partial charge in [0.1, 0.15) is 0 Å². The highest BCUT2D eigenvalue weighted by molar-refractivity contribution is 7.89. The molecule has 19 heavy (non-hydrogen) atoms. The lowest BCUT2D eigenvalue weighted by Gasteiger charge is -2.12. The van der Waals surface area contributed by atoms with E-state index in [1.54, 1.807) is 6.07 Å². The molecule has 1 atom stereocenters. The molecule has 0 spiro atoms. The topological polar surface area (TPSA) is 58.2 Å². The van der Waals surface area contributed by atoms with E-state index in [9.17, 15) is 8.42 Å². The highest BCUT2D eigenvalue weighted by atomic mass is 35.5. The monoisotopic (exact) mass is 322 g/mol. The third-order valence-electron chi connectivity index (χ3n) is 2.98. The Bertz CT molecular complexity index is 512. The zero-order valence-electron chi connectivity index (χ0n) is 10.9. The van der Waals surface area contributed by atoms with Gasteiger partial charge in [0.2, 0.25) is 10.0 Å². The number of hydrogen-bond acceptors (Lipinski definition) is 4. The van der Waals surface area contributed by atoms with Crippen LogP contribution in [0, 0.1) is 0 Å². The molecule has 0 aliphatic heterocycles. The van der Waals surface area contributed by atoms with Crippen molar-refractivity contribution in [3.63, 3.8) is 0 Å². The van der Waals surface area contributed by atoms with Crippen LogP contribution < -0.4 is 10.0 Å². The average molecular weight is 323 g/mol. The second-order valence-corrected chi connectivity index (χ2v) is 8.50. The van der Waals surface area contributed by atoms with Crippen LogP contribution in [0.2, 0.25) is 4.34 Å². The molecule has 1 saturated carbocycles. The largest absolute Gasteiger partial charge is 0.314 e. The Labute approximate surface area is 123 Å². The molecular formula is C12H19ClN2O2S2. The average Bonchev–Trinajstić information content (AvgIpc) is 3.05. The summed E-state index contributed by atoms with van der Waals surface area (Å²) in [6, 6.07) is 4.04. The SMILES string of the molecule is CC(NS(=O)(=O)CCCNC1CC1)c1ccc(Cl)s1. The molecule has 108 valence electrons. The van der Waals surface area contributed by atoms with Crippen molar-refractivity contribution in [3.8, 4) is 0 Å². The van der Waals surface area contributed by atoms with Gasteiger partial charge in [-0.05, 0) is 44.9 Å². The molecule has 2 N–H and O–H groups in total. The standard InChI is InChI=1S/C12H19ClN2O2S2/c1-9(11-5-6-12(13)18-11)15-19(16,17)8-2-7-14-10-3-4-10/h5-6,9-10,14-15H,2-4,7-8H2,1H3. The molecule has 1 aromatic rings. The zero-order valence-corrected chi connectivity index (χ0v) is 13.2. The first-order valence-electron chi connectivity index (χ1n) is 6.45. The van der Waals surface area contributed by atoms with Gasteiger partial charge in [-0.3, -0.25) is 0 Å². The van der Waals surface area contributed by atoms with Gasteiger partial charge >= 0.3 is 0 Å². The number of nitrogens with one attached hydrogen (secondary N) is 2. The summed E-state index contributed by atoms with van der Waals surface area (Å²) in [5, 5.41) is 3.31. The summed E-state index contributed by atoms with van der Waals surface area (Å²) in [5.41, 5.74) is 0. The Morgan fingerprint density at radius 3 is 2.79 bits per heavy atom. The molecule has 7 heteroatoms. The Hall–Kier alpha value is -0.140. The van der Waals surface area contributed by atoms with Crippen LogP contribution in [0.5, 0.6) is 0 Å². The lowest BCUT2D eigenvalue weighted by Crippen LogP contribution is -2.30. The summed E-state index contributed by atoms with van der Waals surface area (Å²) in [6.45, 7) is 2.60. The van der Waals surface area contributed by atoms with Gasteiger partial charge in [-0.2, -0.15) is 0 Å². The molecule has 2 rings (SSSR count). The second-order valence-electron chi connectivity index (χ2n) is 4.88. The Morgan fingerprint density at radius 2 is 2.21 bits per heavy atom. The van der Waals surface area contributed by atoms with Crippen molar-refractivity contribution in [2.75, 3.05) is 12.3 Å². The number of rotatable bonds is 8. The van der Waals surface area contributed by atoms with Crippen LogP contribution in [-0.2, 0) is 10.0 Å². The molecule has 0 saturated heterocycles.